The highest BCUT2D eigenvalue weighted by Crippen LogP contribution is 2.25. The number of hydrogen-bond donors (Lipinski definition) is 1. The molecule has 0 bridgehead atoms. The van der Waals surface area contributed by atoms with E-state index >= 15 is 0 Å². The van der Waals surface area contributed by atoms with Gasteiger partial charge in [-0.05, 0) is 42.6 Å². The quantitative estimate of drug-likeness (QED) is 0.919. The molecule has 1 saturated heterocycles. The predicted molar refractivity (Wildman–Crippen MR) is 85.8 cm³/mol. The van der Waals surface area contributed by atoms with Crippen LogP contribution in [-0.4, -0.2) is 24.0 Å². The van der Waals surface area contributed by atoms with E-state index in [9.17, 15) is 0 Å². The Hall–Kier alpha value is -1.38. The van der Waals surface area contributed by atoms with E-state index in [1.54, 1.807) is 0 Å². The van der Waals surface area contributed by atoms with Crippen molar-refractivity contribution in [2.45, 2.75) is 38.3 Å². The van der Waals surface area contributed by atoms with E-state index in [1.807, 2.05) is 0 Å². The fourth-order valence-corrected chi connectivity index (χ4v) is 3.35. The van der Waals surface area contributed by atoms with Crippen LogP contribution in [0.25, 0.3) is 10.8 Å². The smallest absolute Gasteiger partial charge is 0.0430 e. The van der Waals surface area contributed by atoms with Crippen molar-refractivity contribution in [1.29, 1.82) is 0 Å². The molecule has 2 unspecified atom stereocenters. The zero-order valence-electron chi connectivity index (χ0n) is 12.3. The van der Waals surface area contributed by atoms with Crippen LogP contribution in [0.15, 0.2) is 42.5 Å². The van der Waals surface area contributed by atoms with Crippen LogP contribution >= 0.6 is 0 Å². The fraction of sp³-hybridized carbons (Fsp3) is 0.444. The topological polar surface area (TPSA) is 29.3 Å². The molecule has 0 saturated carbocycles. The maximum atomic E-state index is 6.51. The van der Waals surface area contributed by atoms with E-state index in [2.05, 4.69) is 54.3 Å². The van der Waals surface area contributed by atoms with Gasteiger partial charge in [0.2, 0.25) is 0 Å². The summed E-state index contributed by atoms with van der Waals surface area (Å²) in [5.41, 5.74) is 7.79. The summed E-state index contributed by atoms with van der Waals surface area (Å²) in [6, 6.07) is 15.8. The first-order valence-corrected chi connectivity index (χ1v) is 7.73. The first-order valence-electron chi connectivity index (χ1n) is 7.73. The van der Waals surface area contributed by atoms with Crippen molar-refractivity contribution >= 4 is 10.8 Å². The summed E-state index contributed by atoms with van der Waals surface area (Å²) in [6.07, 6.45) is 3.98. The van der Waals surface area contributed by atoms with Gasteiger partial charge in [0.1, 0.15) is 0 Å². The minimum Gasteiger partial charge on any atom is -0.323 e. The van der Waals surface area contributed by atoms with Crippen molar-refractivity contribution < 1.29 is 0 Å². The Morgan fingerprint density at radius 2 is 1.95 bits per heavy atom. The molecular weight excluding hydrogens is 244 g/mol. The Morgan fingerprint density at radius 1 is 1.15 bits per heavy atom. The van der Waals surface area contributed by atoms with Crippen molar-refractivity contribution in [3.05, 3.63) is 48.0 Å². The van der Waals surface area contributed by atoms with Gasteiger partial charge in [-0.2, -0.15) is 0 Å². The lowest BCUT2D eigenvalue weighted by atomic mass is 9.97. The van der Waals surface area contributed by atoms with E-state index < -0.39 is 0 Å². The number of fused-ring (bicyclic) bond motifs is 1. The number of nitrogens with zero attached hydrogens (tertiary/aromatic N) is 1. The van der Waals surface area contributed by atoms with E-state index in [0.29, 0.717) is 6.04 Å². The molecule has 0 radical (unpaired) electrons. The highest BCUT2D eigenvalue weighted by Gasteiger charge is 2.21. The molecule has 2 aromatic rings. The predicted octanol–water partition coefficient (Wildman–Crippen LogP) is 3.71. The van der Waals surface area contributed by atoms with E-state index in [-0.39, 0.29) is 6.04 Å². The molecule has 20 heavy (non-hydrogen) atoms. The SMILES string of the molecule is CC1CCCCN1CC(N)c1cccc2ccccc12. The molecule has 3 rings (SSSR count). The van der Waals surface area contributed by atoms with E-state index in [0.717, 1.165) is 6.54 Å². The zero-order chi connectivity index (χ0) is 13.9. The molecule has 0 aromatic heterocycles. The Kier molecular flexibility index (Phi) is 4.04. The van der Waals surface area contributed by atoms with Crippen molar-refractivity contribution in [2.75, 3.05) is 13.1 Å². The molecule has 2 N–H and O–H groups in total. The first-order chi connectivity index (χ1) is 9.75. The van der Waals surface area contributed by atoms with Gasteiger partial charge in [0, 0.05) is 18.6 Å². The van der Waals surface area contributed by atoms with Gasteiger partial charge in [0.25, 0.3) is 0 Å². The maximum absolute atomic E-state index is 6.51. The summed E-state index contributed by atoms with van der Waals surface area (Å²) in [4.78, 5) is 2.55. The van der Waals surface area contributed by atoms with Crippen LogP contribution in [0.2, 0.25) is 0 Å². The van der Waals surface area contributed by atoms with Gasteiger partial charge >= 0.3 is 0 Å². The molecule has 1 aliphatic heterocycles. The van der Waals surface area contributed by atoms with Crippen LogP contribution in [0, 0.1) is 0 Å². The molecule has 1 heterocycles. The van der Waals surface area contributed by atoms with Gasteiger partial charge in [0.15, 0.2) is 0 Å². The number of hydrogen-bond acceptors (Lipinski definition) is 2. The Balaban J connectivity index is 1.83. The molecule has 2 heteroatoms. The van der Waals surface area contributed by atoms with Crippen molar-refractivity contribution in [1.82, 2.24) is 4.90 Å². The van der Waals surface area contributed by atoms with Gasteiger partial charge in [-0.3, -0.25) is 4.90 Å². The van der Waals surface area contributed by atoms with Crippen LogP contribution in [0.4, 0.5) is 0 Å². The Labute approximate surface area is 121 Å². The maximum Gasteiger partial charge on any atom is 0.0430 e. The summed E-state index contributed by atoms with van der Waals surface area (Å²) in [5, 5.41) is 2.58. The van der Waals surface area contributed by atoms with Gasteiger partial charge in [0.05, 0.1) is 0 Å². The molecule has 2 aromatic carbocycles. The second-order valence-corrected chi connectivity index (χ2v) is 6.01. The molecule has 0 spiro atoms. The third kappa shape index (κ3) is 2.72. The minimum atomic E-state index is 0.0987. The molecule has 0 amide bonds. The second kappa shape index (κ2) is 5.94. The second-order valence-electron chi connectivity index (χ2n) is 6.01. The molecule has 2 atom stereocenters. The van der Waals surface area contributed by atoms with Gasteiger partial charge < -0.3 is 5.73 Å². The van der Waals surface area contributed by atoms with Gasteiger partial charge in [-0.15, -0.1) is 0 Å². The number of piperidine rings is 1. The molecule has 1 fully saturated rings. The average molecular weight is 268 g/mol. The number of nitrogens with two attached hydrogens (primary N) is 1. The van der Waals surface area contributed by atoms with Crippen molar-refractivity contribution in [2.24, 2.45) is 5.73 Å². The molecule has 0 aliphatic carbocycles. The van der Waals surface area contributed by atoms with Gasteiger partial charge in [-0.1, -0.05) is 48.9 Å². The van der Waals surface area contributed by atoms with Crippen LogP contribution in [-0.2, 0) is 0 Å². The zero-order valence-corrected chi connectivity index (χ0v) is 12.3. The largest absolute Gasteiger partial charge is 0.323 e. The lowest BCUT2D eigenvalue weighted by Crippen LogP contribution is -2.41. The highest BCUT2D eigenvalue weighted by atomic mass is 15.2. The summed E-state index contributed by atoms with van der Waals surface area (Å²) < 4.78 is 0. The van der Waals surface area contributed by atoms with Crippen molar-refractivity contribution in [3.63, 3.8) is 0 Å². The average Bonchev–Trinajstić information content (AvgIpc) is 2.49. The third-order valence-corrected chi connectivity index (χ3v) is 4.59. The summed E-state index contributed by atoms with van der Waals surface area (Å²) in [5.74, 6) is 0. The lowest BCUT2D eigenvalue weighted by Gasteiger charge is -2.35. The highest BCUT2D eigenvalue weighted by molar-refractivity contribution is 5.86. The molecule has 1 aliphatic rings. The van der Waals surface area contributed by atoms with Gasteiger partial charge in [-0.25, -0.2) is 0 Å². The van der Waals surface area contributed by atoms with Crippen LogP contribution in [0.3, 0.4) is 0 Å². The molecule has 106 valence electrons. The van der Waals surface area contributed by atoms with Crippen LogP contribution in [0.1, 0.15) is 37.8 Å². The summed E-state index contributed by atoms with van der Waals surface area (Å²) in [7, 11) is 0. The standard InChI is InChI=1S/C18H24N2/c1-14-7-4-5-12-20(14)13-18(19)17-11-6-9-15-8-2-3-10-16(15)17/h2-3,6,8-11,14,18H,4-5,7,12-13,19H2,1H3. The van der Waals surface area contributed by atoms with E-state index in [4.69, 9.17) is 5.73 Å². The van der Waals surface area contributed by atoms with E-state index in [1.165, 1.54) is 42.1 Å². The van der Waals surface area contributed by atoms with Crippen LogP contribution in [0.5, 0.6) is 0 Å². The fourth-order valence-electron chi connectivity index (χ4n) is 3.35. The number of likely N-dealkylation sites (tertiary alicyclic amines) is 1. The third-order valence-electron chi connectivity index (χ3n) is 4.59. The number of rotatable bonds is 3. The Bertz CT molecular complexity index is 573. The number of benzene rings is 2. The first kappa shape index (κ1) is 13.6. The Morgan fingerprint density at radius 3 is 2.80 bits per heavy atom. The monoisotopic (exact) mass is 268 g/mol. The minimum absolute atomic E-state index is 0.0987. The summed E-state index contributed by atoms with van der Waals surface area (Å²) >= 11 is 0. The van der Waals surface area contributed by atoms with Crippen molar-refractivity contribution in [3.8, 4) is 0 Å². The molecular formula is C18H24N2. The van der Waals surface area contributed by atoms with Crippen LogP contribution < -0.4 is 5.73 Å². The summed E-state index contributed by atoms with van der Waals surface area (Å²) in [6.45, 7) is 4.49. The normalized spacial score (nSPS) is 22.0. The lowest BCUT2D eigenvalue weighted by molar-refractivity contribution is 0.152. The molecule has 2 nitrogen and oxygen atoms in total.